The Labute approximate surface area is 169 Å². The number of nitrogens with one attached hydrogen (secondary N) is 1. The Bertz CT molecular complexity index is 1340. The third-order valence-electron chi connectivity index (χ3n) is 4.52. The summed E-state index contributed by atoms with van der Waals surface area (Å²) in [7, 11) is 2.94. The van der Waals surface area contributed by atoms with Crippen molar-refractivity contribution in [1.29, 1.82) is 0 Å². The molecule has 0 atom stereocenters. The number of methoxy groups -OCH3 is 2. The monoisotopic (exact) mass is 407 g/mol. The summed E-state index contributed by atoms with van der Waals surface area (Å²) in [5.41, 5.74) is 5.97. The Kier molecular flexibility index (Phi) is 4.59. The number of rotatable bonds is 5. The Hall–Kier alpha value is -4.34. The van der Waals surface area contributed by atoms with Crippen LogP contribution in [0.3, 0.4) is 0 Å². The normalized spacial score (nSPS) is 10.9. The molecule has 10 nitrogen and oxygen atoms in total. The van der Waals surface area contributed by atoms with E-state index < -0.39 is 11.6 Å². The largest absolute Gasteiger partial charge is 0.504 e. The molecule has 0 spiro atoms. The number of carbonyl (C=O) groups excluding carboxylic acids is 1. The fourth-order valence-corrected chi connectivity index (χ4v) is 3.11. The molecule has 2 heterocycles. The number of fused-ring (bicyclic) bond motifs is 1. The predicted molar refractivity (Wildman–Crippen MR) is 108 cm³/mol. The van der Waals surface area contributed by atoms with Crippen molar-refractivity contribution in [3.63, 3.8) is 0 Å². The number of ether oxygens (including phenoxy) is 2. The van der Waals surface area contributed by atoms with E-state index >= 15 is 0 Å². The molecule has 4 aromatic rings. The first-order valence-electron chi connectivity index (χ1n) is 8.77. The number of benzene rings is 2. The van der Waals surface area contributed by atoms with Gasteiger partial charge in [0.25, 0.3) is 5.91 Å². The van der Waals surface area contributed by atoms with E-state index in [2.05, 4.69) is 15.0 Å². The maximum Gasteiger partial charge on any atom is 0.332 e. The van der Waals surface area contributed by atoms with Crippen LogP contribution >= 0.6 is 0 Å². The molecular weight excluding hydrogens is 390 g/mol. The van der Waals surface area contributed by atoms with Gasteiger partial charge in [0.1, 0.15) is 11.3 Å². The van der Waals surface area contributed by atoms with Gasteiger partial charge in [0.05, 0.1) is 19.9 Å². The third kappa shape index (κ3) is 3.09. The van der Waals surface area contributed by atoms with Gasteiger partial charge in [-0.15, -0.1) is 0 Å². The number of aromatic hydroxyl groups is 1. The lowest BCUT2D eigenvalue weighted by Gasteiger charge is -2.09. The van der Waals surface area contributed by atoms with E-state index in [1.54, 1.807) is 30.3 Å². The average Bonchev–Trinajstić information content (AvgIpc) is 3.08. The molecule has 10 heteroatoms. The highest BCUT2D eigenvalue weighted by molar-refractivity contribution is 6.02. The topological polar surface area (TPSA) is 145 Å². The lowest BCUT2D eigenvalue weighted by molar-refractivity contribution is 0.0997. The van der Waals surface area contributed by atoms with Crippen LogP contribution in [0.1, 0.15) is 10.5 Å². The molecule has 0 aliphatic heterocycles. The minimum atomic E-state index is -0.833. The number of aromatic nitrogens is 4. The van der Waals surface area contributed by atoms with Crippen LogP contribution in [0.2, 0.25) is 0 Å². The average molecular weight is 407 g/mol. The minimum Gasteiger partial charge on any atom is -0.504 e. The molecule has 152 valence electrons. The summed E-state index contributed by atoms with van der Waals surface area (Å²) in [5.74, 6) is -0.0491. The zero-order valence-electron chi connectivity index (χ0n) is 16.0. The Morgan fingerprint density at radius 2 is 1.93 bits per heavy atom. The van der Waals surface area contributed by atoms with Crippen molar-refractivity contribution in [3.8, 4) is 34.3 Å². The van der Waals surface area contributed by atoms with Crippen molar-refractivity contribution in [3.05, 3.63) is 58.6 Å². The summed E-state index contributed by atoms with van der Waals surface area (Å²) in [6, 6.07) is 11.4. The van der Waals surface area contributed by atoms with Gasteiger partial charge in [0, 0.05) is 11.6 Å². The van der Waals surface area contributed by atoms with Crippen molar-refractivity contribution >= 4 is 17.1 Å². The Morgan fingerprint density at radius 3 is 2.60 bits per heavy atom. The Morgan fingerprint density at radius 1 is 1.13 bits per heavy atom. The van der Waals surface area contributed by atoms with Crippen LogP contribution in [0.15, 0.2) is 47.3 Å². The summed E-state index contributed by atoms with van der Waals surface area (Å²) >= 11 is 0. The molecule has 2 aromatic heterocycles. The van der Waals surface area contributed by atoms with Crippen LogP contribution in [0.4, 0.5) is 0 Å². The Balaban J connectivity index is 2.01. The van der Waals surface area contributed by atoms with Gasteiger partial charge in [-0.1, -0.05) is 6.07 Å². The summed E-state index contributed by atoms with van der Waals surface area (Å²) in [6.07, 6.45) is 0. The van der Waals surface area contributed by atoms with Crippen LogP contribution in [-0.2, 0) is 0 Å². The fraction of sp³-hybridized carbons (Fsp3) is 0.100. The van der Waals surface area contributed by atoms with Gasteiger partial charge in [-0.2, -0.15) is 0 Å². The SMILES string of the molecule is COc1cccc(-n2c(=O)[nH]c3c(C(N)=O)nc(-c4ccc(OC)c(O)c4)nc32)c1. The maximum atomic E-state index is 12.7. The van der Waals surface area contributed by atoms with E-state index in [9.17, 15) is 14.7 Å². The van der Waals surface area contributed by atoms with Crippen molar-refractivity contribution in [2.75, 3.05) is 14.2 Å². The second kappa shape index (κ2) is 7.24. The molecule has 1 amide bonds. The second-order valence-corrected chi connectivity index (χ2v) is 6.31. The molecule has 0 radical (unpaired) electrons. The predicted octanol–water partition coefficient (Wildman–Crippen LogP) is 1.60. The molecular formula is C20H17N5O5. The molecule has 0 unspecified atom stereocenters. The number of primary amides is 1. The molecule has 0 saturated heterocycles. The number of imidazole rings is 1. The fourth-order valence-electron chi connectivity index (χ4n) is 3.11. The molecule has 0 bridgehead atoms. The van der Waals surface area contributed by atoms with Gasteiger partial charge in [-0.3, -0.25) is 4.79 Å². The quantitative estimate of drug-likeness (QED) is 0.455. The van der Waals surface area contributed by atoms with Crippen LogP contribution in [0.25, 0.3) is 28.2 Å². The van der Waals surface area contributed by atoms with E-state index in [0.29, 0.717) is 17.0 Å². The molecule has 0 fully saturated rings. The number of phenolic OH excluding ortho intramolecular Hbond substituents is 1. The highest BCUT2D eigenvalue weighted by atomic mass is 16.5. The summed E-state index contributed by atoms with van der Waals surface area (Å²) in [5, 5.41) is 10.1. The number of phenols is 1. The van der Waals surface area contributed by atoms with Crippen molar-refractivity contribution in [2.45, 2.75) is 0 Å². The number of hydrogen-bond acceptors (Lipinski definition) is 7. The number of nitrogens with two attached hydrogens (primary N) is 1. The molecule has 4 N–H and O–H groups in total. The first kappa shape index (κ1) is 19.0. The number of nitrogens with zero attached hydrogens (tertiary/aromatic N) is 3. The number of aromatic amines is 1. The standard InChI is InChI=1S/C20H17N5O5/c1-29-12-5-3-4-11(9-12)25-19-16(23-20(25)28)15(17(21)27)22-18(24-19)10-6-7-14(30-2)13(26)8-10/h3-9,26H,1-2H3,(H2,21,27)(H,23,28). The van der Waals surface area contributed by atoms with Gasteiger partial charge in [0.15, 0.2) is 28.7 Å². The summed E-state index contributed by atoms with van der Waals surface area (Å²) in [6.45, 7) is 0. The van der Waals surface area contributed by atoms with Crippen molar-refractivity contribution in [2.24, 2.45) is 5.73 Å². The van der Waals surface area contributed by atoms with E-state index in [-0.39, 0.29) is 34.2 Å². The molecule has 0 aliphatic rings. The van der Waals surface area contributed by atoms with E-state index in [0.717, 1.165) is 0 Å². The summed E-state index contributed by atoms with van der Waals surface area (Å²) in [4.78, 5) is 36.0. The minimum absolute atomic E-state index is 0.102. The van der Waals surface area contributed by atoms with E-state index in [1.165, 1.54) is 30.9 Å². The van der Waals surface area contributed by atoms with Gasteiger partial charge >= 0.3 is 5.69 Å². The molecule has 4 rings (SSSR count). The van der Waals surface area contributed by atoms with E-state index in [4.69, 9.17) is 15.2 Å². The molecule has 30 heavy (non-hydrogen) atoms. The highest BCUT2D eigenvalue weighted by Gasteiger charge is 2.21. The lowest BCUT2D eigenvalue weighted by Crippen LogP contribution is -2.15. The van der Waals surface area contributed by atoms with Crippen LogP contribution < -0.4 is 20.9 Å². The maximum absolute atomic E-state index is 12.7. The molecule has 0 saturated carbocycles. The zero-order chi connectivity index (χ0) is 21.4. The van der Waals surface area contributed by atoms with Crippen LogP contribution in [0.5, 0.6) is 17.2 Å². The first-order chi connectivity index (χ1) is 14.4. The smallest absolute Gasteiger partial charge is 0.332 e. The van der Waals surface area contributed by atoms with Gasteiger partial charge < -0.3 is 25.3 Å². The van der Waals surface area contributed by atoms with E-state index in [1.807, 2.05) is 0 Å². The highest BCUT2D eigenvalue weighted by Crippen LogP contribution is 2.31. The number of H-pyrrole nitrogens is 1. The van der Waals surface area contributed by atoms with Gasteiger partial charge in [-0.25, -0.2) is 19.3 Å². The zero-order valence-corrected chi connectivity index (χ0v) is 16.0. The molecule has 2 aromatic carbocycles. The molecule has 0 aliphatic carbocycles. The van der Waals surface area contributed by atoms with Crippen LogP contribution in [0, 0.1) is 0 Å². The van der Waals surface area contributed by atoms with Gasteiger partial charge in [0.2, 0.25) is 0 Å². The lowest BCUT2D eigenvalue weighted by atomic mass is 10.2. The second-order valence-electron chi connectivity index (χ2n) is 6.31. The van der Waals surface area contributed by atoms with Crippen molar-refractivity contribution in [1.82, 2.24) is 19.5 Å². The number of amides is 1. The first-order valence-corrected chi connectivity index (χ1v) is 8.77. The summed E-state index contributed by atoms with van der Waals surface area (Å²) < 4.78 is 11.6. The third-order valence-corrected chi connectivity index (χ3v) is 4.52. The van der Waals surface area contributed by atoms with Crippen molar-refractivity contribution < 1.29 is 19.4 Å². The van der Waals surface area contributed by atoms with Gasteiger partial charge in [-0.05, 0) is 30.3 Å². The van der Waals surface area contributed by atoms with Crippen LogP contribution in [-0.4, -0.2) is 44.8 Å². The number of hydrogen-bond donors (Lipinski definition) is 3. The number of carbonyl (C=O) groups is 1.